The molecule has 1 aliphatic heterocycles. The summed E-state index contributed by atoms with van der Waals surface area (Å²) in [5, 5.41) is 0. The van der Waals surface area contributed by atoms with Crippen molar-refractivity contribution in [2.45, 2.75) is 19.3 Å². The lowest BCUT2D eigenvalue weighted by atomic mass is 9.99. The number of nitrogens with zero attached hydrogens (tertiary/aromatic N) is 1. The van der Waals surface area contributed by atoms with Crippen LogP contribution >= 0.6 is 0 Å². The predicted molar refractivity (Wildman–Crippen MR) is 89.1 cm³/mol. The Bertz CT molecular complexity index is 739. The number of Topliss-reactive ketones (excluding diaryl/α,β-unsaturated/α-hetero) is 1. The van der Waals surface area contributed by atoms with Crippen LogP contribution in [0.15, 0.2) is 48.5 Å². The third-order valence-electron chi connectivity index (χ3n) is 4.16. The molecule has 0 radical (unpaired) electrons. The number of hydrogen-bond donors (Lipinski definition) is 0. The van der Waals surface area contributed by atoms with Crippen molar-refractivity contribution >= 4 is 17.4 Å². The maximum absolute atomic E-state index is 12.6. The van der Waals surface area contributed by atoms with Gasteiger partial charge >= 0.3 is 0 Å². The summed E-state index contributed by atoms with van der Waals surface area (Å²) in [5.74, 6) is 0.944. The fourth-order valence-electron chi connectivity index (χ4n) is 2.96. The van der Waals surface area contributed by atoms with Gasteiger partial charge in [0, 0.05) is 24.9 Å². The molecule has 0 bridgehead atoms. The van der Waals surface area contributed by atoms with Crippen LogP contribution in [0.1, 0.15) is 28.8 Å². The van der Waals surface area contributed by atoms with E-state index < -0.39 is 0 Å². The normalized spacial score (nSPS) is 13.6. The van der Waals surface area contributed by atoms with Crippen LogP contribution in [-0.4, -0.2) is 25.3 Å². The zero-order valence-corrected chi connectivity index (χ0v) is 13.1. The molecule has 0 atom stereocenters. The van der Waals surface area contributed by atoms with Crippen LogP contribution in [0.3, 0.4) is 0 Å². The molecule has 23 heavy (non-hydrogen) atoms. The number of anilines is 1. The van der Waals surface area contributed by atoms with E-state index in [1.165, 1.54) is 0 Å². The number of methoxy groups -OCH3 is 1. The van der Waals surface area contributed by atoms with E-state index in [0.29, 0.717) is 31.4 Å². The number of carbonyl (C=O) groups excluding carboxylic acids is 2. The van der Waals surface area contributed by atoms with E-state index in [9.17, 15) is 9.59 Å². The van der Waals surface area contributed by atoms with Crippen LogP contribution in [0.5, 0.6) is 5.75 Å². The number of fused-ring (bicyclic) bond motifs is 1. The van der Waals surface area contributed by atoms with E-state index in [0.717, 1.165) is 17.0 Å². The van der Waals surface area contributed by atoms with Crippen molar-refractivity contribution in [3.63, 3.8) is 0 Å². The van der Waals surface area contributed by atoms with Crippen LogP contribution < -0.4 is 9.64 Å². The first-order valence-corrected chi connectivity index (χ1v) is 7.75. The minimum Gasteiger partial charge on any atom is -0.496 e. The standard InChI is InChI=1S/C19H19NO3/c1-23-18-9-5-2-6-14(18)10-11-19(22)20-13-12-17(21)15-7-3-4-8-16(15)20/h2-9H,10-13H2,1H3. The highest BCUT2D eigenvalue weighted by Gasteiger charge is 2.26. The average molecular weight is 309 g/mol. The molecule has 4 nitrogen and oxygen atoms in total. The quantitative estimate of drug-likeness (QED) is 0.871. The predicted octanol–water partition coefficient (Wildman–Crippen LogP) is 3.25. The molecule has 0 unspecified atom stereocenters. The molecule has 0 spiro atoms. The lowest BCUT2D eigenvalue weighted by Gasteiger charge is -2.28. The minimum absolute atomic E-state index is 0.0378. The van der Waals surface area contributed by atoms with Gasteiger partial charge in [-0.25, -0.2) is 0 Å². The van der Waals surface area contributed by atoms with E-state index >= 15 is 0 Å². The largest absolute Gasteiger partial charge is 0.496 e. The van der Waals surface area contributed by atoms with Gasteiger partial charge < -0.3 is 9.64 Å². The van der Waals surface area contributed by atoms with E-state index in [2.05, 4.69) is 0 Å². The maximum Gasteiger partial charge on any atom is 0.227 e. The lowest BCUT2D eigenvalue weighted by Crippen LogP contribution is -2.37. The van der Waals surface area contributed by atoms with E-state index in [1.807, 2.05) is 42.5 Å². The van der Waals surface area contributed by atoms with E-state index in [4.69, 9.17) is 4.74 Å². The van der Waals surface area contributed by atoms with Gasteiger partial charge in [-0.15, -0.1) is 0 Å². The van der Waals surface area contributed by atoms with Gasteiger partial charge in [-0.2, -0.15) is 0 Å². The number of carbonyl (C=O) groups is 2. The molecule has 0 fully saturated rings. The smallest absolute Gasteiger partial charge is 0.227 e. The Morgan fingerprint density at radius 1 is 1.13 bits per heavy atom. The topological polar surface area (TPSA) is 46.6 Å². The molecule has 1 aliphatic rings. The SMILES string of the molecule is COc1ccccc1CCC(=O)N1CCC(=O)c2ccccc21. The Kier molecular flexibility index (Phi) is 4.42. The van der Waals surface area contributed by atoms with E-state index in [-0.39, 0.29) is 11.7 Å². The number of amides is 1. The molecule has 3 rings (SSSR count). The highest BCUT2D eigenvalue weighted by molar-refractivity contribution is 6.08. The fourth-order valence-corrected chi connectivity index (χ4v) is 2.96. The molecule has 2 aromatic rings. The minimum atomic E-state index is 0.0378. The van der Waals surface area contributed by atoms with Gasteiger partial charge in [-0.3, -0.25) is 9.59 Å². The van der Waals surface area contributed by atoms with Crippen LogP contribution in [0, 0.1) is 0 Å². The van der Waals surface area contributed by atoms with Crippen molar-refractivity contribution in [2.24, 2.45) is 0 Å². The van der Waals surface area contributed by atoms with Crippen molar-refractivity contribution in [3.8, 4) is 5.75 Å². The monoisotopic (exact) mass is 309 g/mol. The number of aryl methyl sites for hydroxylation is 1. The second kappa shape index (κ2) is 6.65. The van der Waals surface area contributed by atoms with Gasteiger partial charge in [0.25, 0.3) is 0 Å². The fraction of sp³-hybridized carbons (Fsp3) is 0.263. The zero-order valence-electron chi connectivity index (χ0n) is 13.1. The molecule has 1 amide bonds. The Morgan fingerprint density at radius 2 is 1.87 bits per heavy atom. The molecule has 1 heterocycles. The second-order valence-corrected chi connectivity index (χ2v) is 5.55. The first kappa shape index (κ1) is 15.3. The summed E-state index contributed by atoms with van der Waals surface area (Å²) >= 11 is 0. The van der Waals surface area contributed by atoms with Gasteiger partial charge in [0.15, 0.2) is 5.78 Å². The number of ketones is 1. The summed E-state index contributed by atoms with van der Waals surface area (Å²) in [4.78, 5) is 26.3. The molecule has 0 N–H and O–H groups in total. The molecule has 0 aliphatic carbocycles. The Hall–Kier alpha value is -2.62. The zero-order chi connectivity index (χ0) is 16.2. The van der Waals surface area contributed by atoms with Crippen molar-refractivity contribution in [1.29, 1.82) is 0 Å². The number of hydrogen-bond acceptors (Lipinski definition) is 3. The number of benzene rings is 2. The molecule has 0 saturated heterocycles. The van der Waals surface area contributed by atoms with Crippen LogP contribution in [-0.2, 0) is 11.2 Å². The maximum atomic E-state index is 12.6. The van der Waals surface area contributed by atoms with Gasteiger partial charge in [-0.05, 0) is 30.2 Å². The average Bonchev–Trinajstić information content (AvgIpc) is 2.60. The number of ether oxygens (including phenoxy) is 1. The first-order chi connectivity index (χ1) is 11.2. The molecule has 118 valence electrons. The molecule has 2 aromatic carbocycles. The Balaban J connectivity index is 1.74. The summed E-state index contributed by atoms with van der Waals surface area (Å²) < 4.78 is 5.32. The van der Waals surface area contributed by atoms with E-state index in [1.54, 1.807) is 18.1 Å². The molecule has 4 heteroatoms. The van der Waals surface area contributed by atoms with Gasteiger partial charge in [0.05, 0.1) is 12.8 Å². The lowest BCUT2D eigenvalue weighted by molar-refractivity contribution is -0.118. The Morgan fingerprint density at radius 3 is 2.70 bits per heavy atom. The molecule has 0 saturated carbocycles. The number of para-hydroxylation sites is 2. The second-order valence-electron chi connectivity index (χ2n) is 5.55. The summed E-state index contributed by atoms with van der Waals surface area (Å²) in [6.45, 7) is 0.459. The summed E-state index contributed by atoms with van der Waals surface area (Å²) in [7, 11) is 1.63. The van der Waals surface area contributed by atoms with Crippen LogP contribution in [0.4, 0.5) is 5.69 Å². The third-order valence-corrected chi connectivity index (χ3v) is 4.16. The highest BCUT2D eigenvalue weighted by atomic mass is 16.5. The first-order valence-electron chi connectivity index (χ1n) is 7.75. The van der Waals surface area contributed by atoms with Crippen molar-refractivity contribution in [2.75, 3.05) is 18.6 Å². The summed E-state index contributed by atoms with van der Waals surface area (Å²) in [6, 6.07) is 15.0. The molecular weight excluding hydrogens is 290 g/mol. The highest BCUT2D eigenvalue weighted by Crippen LogP contribution is 2.28. The third kappa shape index (κ3) is 3.11. The van der Waals surface area contributed by atoms with Gasteiger partial charge in [0.1, 0.15) is 5.75 Å². The molecule has 0 aromatic heterocycles. The van der Waals surface area contributed by atoms with Crippen molar-refractivity contribution < 1.29 is 14.3 Å². The van der Waals surface area contributed by atoms with Gasteiger partial charge in [0.2, 0.25) is 5.91 Å². The van der Waals surface area contributed by atoms with Crippen molar-refractivity contribution in [3.05, 3.63) is 59.7 Å². The molecular formula is C19H19NO3. The van der Waals surface area contributed by atoms with Gasteiger partial charge in [-0.1, -0.05) is 30.3 Å². The number of rotatable bonds is 4. The van der Waals surface area contributed by atoms with Crippen LogP contribution in [0.2, 0.25) is 0 Å². The summed E-state index contributed by atoms with van der Waals surface area (Å²) in [5.41, 5.74) is 2.39. The van der Waals surface area contributed by atoms with Crippen molar-refractivity contribution in [1.82, 2.24) is 0 Å². The summed E-state index contributed by atoms with van der Waals surface area (Å²) in [6.07, 6.45) is 1.40. The Labute approximate surface area is 135 Å². The van der Waals surface area contributed by atoms with Crippen LogP contribution in [0.25, 0.3) is 0 Å².